The Labute approximate surface area is 229 Å². The molecule has 4 aromatic rings. The van der Waals surface area contributed by atoms with E-state index in [4.69, 9.17) is 9.47 Å². The lowest BCUT2D eigenvalue weighted by Crippen LogP contribution is -2.22. The van der Waals surface area contributed by atoms with E-state index < -0.39 is 0 Å². The predicted octanol–water partition coefficient (Wildman–Crippen LogP) is 6.84. The zero-order valence-corrected chi connectivity index (χ0v) is 23.0. The fourth-order valence-electron chi connectivity index (χ4n) is 4.08. The second kappa shape index (κ2) is 12.6. The quantitative estimate of drug-likeness (QED) is 0.144. The van der Waals surface area contributed by atoms with Crippen molar-refractivity contribution in [2.45, 2.75) is 39.7 Å². The van der Waals surface area contributed by atoms with Crippen LogP contribution in [0.5, 0.6) is 11.5 Å². The van der Waals surface area contributed by atoms with Crippen LogP contribution >= 0.6 is 15.9 Å². The van der Waals surface area contributed by atoms with Crippen LogP contribution in [0.1, 0.15) is 42.8 Å². The van der Waals surface area contributed by atoms with Gasteiger partial charge in [0.05, 0.1) is 23.7 Å². The highest BCUT2D eigenvalue weighted by Gasteiger charge is 2.15. The van der Waals surface area contributed by atoms with E-state index in [9.17, 15) is 9.18 Å². The van der Waals surface area contributed by atoms with E-state index in [0.29, 0.717) is 58.8 Å². The third-order valence-corrected chi connectivity index (χ3v) is 6.31. The van der Waals surface area contributed by atoms with Crippen LogP contribution in [0, 0.1) is 5.82 Å². The first kappa shape index (κ1) is 27.3. The number of halogens is 2. The molecule has 0 spiro atoms. The Hall–Kier alpha value is -3.78. The lowest BCUT2D eigenvalue weighted by atomic mass is 10.1. The Morgan fingerprint density at radius 3 is 2.66 bits per heavy atom. The Morgan fingerprint density at radius 2 is 1.92 bits per heavy atom. The third kappa shape index (κ3) is 6.19. The third-order valence-electron chi connectivity index (χ3n) is 5.82. The molecule has 0 atom stereocenters. The number of nitrogens with zero attached hydrogens (tertiary/aromatic N) is 3. The van der Waals surface area contributed by atoms with Gasteiger partial charge < -0.3 is 9.47 Å². The maximum Gasteiger partial charge on any atom is 0.282 e. The van der Waals surface area contributed by atoms with Crippen molar-refractivity contribution in [3.05, 3.63) is 110 Å². The minimum Gasteiger partial charge on any atom is -0.490 e. The molecule has 1 aromatic heterocycles. The number of hydrogen-bond donors (Lipinski definition) is 0. The van der Waals surface area contributed by atoms with Crippen LogP contribution in [0.15, 0.2) is 81.6 Å². The van der Waals surface area contributed by atoms with Gasteiger partial charge in [0.2, 0.25) is 0 Å². The van der Waals surface area contributed by atoms with Crippen molar-refractivity contribution in [1.29, 1.82) is 0 Å². The summed E-state index contributed by atoms with van der Waals surface area (Å²) in [5, 5.41) is 5.02. The fraction of sp³-hybridized carbons (Fsp3) is 0.233. The second-order valence-corrected chi connectivity index (χ2v) is 9.53. The van der Waals surface area contributed by atoms with Gasteiger partial charge in [0.1, 0.15) is 18.2 Å². The molecular weight excluding hydrogens is 549 g/mol. The number of aryl methyl sites for hydroxylation is 1. The van der Waals surface area contributed by atoms with Crippen LogP contribution < -0.4 is 15.0 Å². The van der Waals surface area contributed by atoms with Gasteiger partial charge in [-0.1, -0.05) is 47.1 Å². The smallest absolute Gasteiger partial charge is 0.282 e. The summed E-state index contributed by atoms with van der Waals surface area (Å²) in [6.07, 6.45) is 5.29. The normalized spacial score (nSPS) is 11.3. The number of ether oxygens (including phenoxy) is 2. The topological polar surface area (TPSA) is 65.7 Å². The first-order chi connectivity index (χ1) is 18.4. The van der Waals surface area contributed by atoms with E-state index in [0.717, 1.165) is 16.5 Å². The molecule has 0 aliphatic carbocycles. The SMILES string of the molecule is C=CCc1cc(C=Nn2c(CCC)nc3ccc(Br)cc3c2=O)cc(OCC)c1OCc1ccccc1F. The zero-order valence-electron chi connectivity index (χ0n) is 21.4. The summed E-state index contributed by atoms with van der Waals surface area (Å²) in [7, 11) is 0. The molecule has 1 heterocycles. The van der Waals surface area contributed by atoms with E-state index in [2.05, 4.69) is 32.6 Å². The van der Waals surface area contributed by atoms with Gasteiger partial charge in [-0.15, -0.1) is 6.58 Å². The summed E-state index contributed by atoms with van der Waals surface area (Å²) in [5.41, 5.74) is 2.37. The first-order valence-corrected chi connectivity index (χ1v) is 13.3. The molecule has 0 unspecified atom stereocenters. The predicted molar refractivity (Wildman–Crippen MR) is 153 cm³/mol. The molecule has 38 heavy (non-hydrogen) atoms. The average Bonchev–Trinajstić information content (AvgIpc) is 2.90. The van der Waals surface area contributed by atoms with Crippen molar-refractivity contribution >= 4 is 33.0 Å². The van der Waals surface area contributed by atoms with Gasteiger partial charge in [-0.05, 0) is 61.7 Å². The highest BCUT2D eigenvalue weighted by Crippen LogP contribution is 2.34. The Morgan fingerprint density at radius 1 is 1.11 bits per heavy atom. The number of allylic oxidation sites excluding steroid dienone is 1. The molecule has 0 amide bonds. The van der Waals surface area contributed by atoms with Crippen molar-refractivity contribution in [3.63, 3.8) is 0 Å². The lowest BCUT2D eigenvalue weighted by Gasteiger charge is -2.17. The molecule has 3 aromatic carbocycles. The lowest BCUT2D eigenvalue weighted by molar-refractivity contribution is 0.263. The summed E-state index contributed by atoms with van der Waals surface area (Å²) in [5.74, 6) is 1.29. The number of fused-ring (bicyclic) bond motifs is 1. The monoisotopic (exact) mass is 577 g/mol. The molecule has 0 saturated carbocycles. The van der Waals surface area contributed by atoms with Gasteiger partial charge in [-0.2, -0.15) is 9.78 Å². The molecular formula is C30H29BrFN3O3. The summed E-state index contributed by atoms with van der Waals surface area (Å²) < 4.78 is 28.3. The maximum absolute atomic E-state index is 14.2. The molecule has 0 saturated heterocycles. The van der Waals surface area contributed by atoms with Crippen LogP contribution in [0.3, 0.4) is 0 Å². The van der Waals surface area contributed by atoms with Crippen LogP contribution in [-0.4, -0.2) is 22.5 Å². The largest absolute Gasteiger partial charge is 0.490 e. The van der Waals surface area contributed by atoms with Gasteiger partial charge >= 0.3 is 0 Å². The maximum atomic E-state index is 14.2. The van der Waals surface area contributed by atoms with Crippen LogP contribution in [0.4, 0.5) is 4.39 Å². The van der Waals surface area contributed by atoms with E-state index in [1.54, 1.807) is 42.6 Å². The standard InChI is InChI=1S/C30H29BrFN3O3/c1-4-9-21-15-20(16-27(37-6-3)29(21)38-19-22-11-7-8-12-25(22)32)18-33-35-28(10-5-2)34-26-14-13-23(31)17-24(26)30(35)36/h4,7-8,11-18H,1,5-6,9-10,19H2,2-3H3. The molecule has 0 N–H and O–H groups in total. The first-order valence-electron chi connectivity index (χ1n) is 12.5. The van der Waals surface area contributed by atoms with Gasteiger partial charge in [0.15, 0.2) is 11.5 Å². The minimum absolute atomic E-state index is 0.0540. The Kier molecular flexibility index (Phi) is 9.07. The number of benzene rings is 3. The highest BCUT2D eigenvalue weighted by atomic mass is 79.9. The zero-order chi connectivity index (χ0) is 27.1. The van der Waals surface area contributed by atoms with Gasteiger partial charge in [0, 0.05) is 22.0 Å². The van der Waals surface area contributed by atoms with Crippen molar-refractivity contribution in [1.82, 2.24) is 9.66 Å². The molecule has 0 radical (unpaired) electrons. The number of hydrogen-bond acceptors (Lipinski definition) is 5. The highest BCUT2D eigenvalue weighted by molar-refractivity contribution is 9.10. The minimum atomic E-state index is -0.330. The van der Waals surface area contributed by atoms with Crippen LogP contribution in [0.2, 0.25) is 0 Å². The van der Waals surface area contributed by atoms with Crippen LogP contribution in [-0.2, 0) is 19.4 Å². The summed E-state index contributed by atoms with van der Waals surface area (Å²) >= 11 is 3.43. The van der Waals surface area contributed by atoms with E-state index in [1.807, 2.05) is 32.0 Å². The Balaban J connectivity index is 1.75. The second-order valence-electron chi connectivity index (χ2n) is 8.61. The molecule has 0 bridgehead atoms. The molecule has 4 rings (SSSR count). The molecule has 6 nitrogen and oxygen atoms in total. The van der Waals surface area contributed by atoms with E-state index in [1.165, 1.54) is 10.7 Å². The van der Waals surface area contributed by atoms with Crippen molar-refractivity contribution in [2.75, 3.05) is 6.61 Å². The van der Waals surface area contributed by atoms with Gasteiger partial charge in [0.25, 0.3) is 5.56 Å². The van der Waals surface area contributed by atoms with E-state index in [-0.39, 0.29) is 18.0 Å². The molecule has 0 aliphatic rings. The van der Waals surface area contributed by atoms with Gasteiger partial charge in [-0.25, -0.2) is 9.37 Å². The molecule has 0 aliphatic heterocycles. The summed E-state index contributed by atoms with van der Waals surface area (Å²) in [6, 6.07) is 15.6. The van der Waals surface area contributed by atoms with Crippen molar-refractivity contribution in [3.8, 4) is 11.5 Å². The Bertz CT molecular complexity index is 1550. The van der Waals surface area contributed by atoms with Crippen molar-refractivity contribution < 1.29 is 13.9 Å². The molecule has 8 heteroatoms. The molecule has 196 valence electrons. The van der Waals surface area contributed by atoms with Gasteiger partial charge in [-0.3, -0.25) is 4.79 Å². The average molecular weight is 578 g/mol. The van der Waals surface area contributed by atoms with E-state index >= 15 is 0 Å². The fourth-order valence-corrected chi connectivity index (χ4v) is 4.44. The number of rotatable bonds is 11. The summed E-state index contributed by atoms with van der Waals surface area (Å²) in [6.45, 7) is 8.23. The van der Waals surface area contributed by atoms with Crippen LogP contribution in [0.25, 0.3) is 10.9 Å². The molecule has 0 fully saturated rings. The van der Waals surface area contributed by atoms with Crippen molar-refractivity contribution in [2.24, 2.45) is 5.10 Å². The summed E-state index contributed by atoms with van der Waals surface area (Å²) in [4.78, 5) is 18.0. The number of aromatic nitrogens is 2.